The van der Waals surface area contributed by atoms with E-state index in [0.29, 0.717) is 11.4 Å². The Labute approximate surface area is 176 Å². The second kappa shape index (κ2) is 8.10. The Morgan fingerprint density at radius 3 is 2.26 bits per heavy atom. The van der Waals surface area contributed by atoms with Gasteiger partial charge in [-0.25, -0.2) is 4.79 Å². The fourth-order valence-electron chi connectivity index (χ4n) is 3.08. The number of ether oxygens (including phenoxy) is 1. The molecule has 0 saturated heterocycles. The molecule has 3 aromatic carbocycles. The number of hydrogen-bond donors (Lipinski definition) is 0. The van der Waals surface area contributed by atoms with Gasteiger partial charge in [-0.05, 0) is 48.9 Å². The van der Waals surface area contributed by atoms with Crippen LogP contribution < -0.4 is 4.74 Å². The van der Waals surface area contributed by atoms with E-state index in [4.69, 9.17) is 4.74 Å². The van der Waals surface area contributed by atoms with Crippen molar-refractivity contribution in [1.29, 1.82) is 0 Å². The Morgan fingerprint density at radius 2 is 1.61 bits per heavy atom. The number of halogens is 3. The summed E-state index contributed by atoms with van der Waals surface area (Å²) in [7, 11) is 0. The lowest BCUT2D eigenvalue weighted by atomic mass is 10.1. The second-order valence-corrected chi connectivity index (χ2v) is 6.95. The minimum absolute atomic E-state index is 0.00579. The second-order valence-electron chi connectivity index (χ2n) is 6.95. The molecular weight excluding hydrogens is 405 g/mol. The third kappa shape index (κ3) is 4.50. The first-order chi connectivity index (χ1) is 14.8. The van der Waals surface area contributed by atoms with Gasteiger partial charge in [-0.15, -0.1) is 0 Å². The molecule has 0 bridgehead atoms. The maximum absolute atomic E-state index is 12.8. The molecule has 0 saturated carbocycles. The molecule has 7 heteroatoms. The summed E-state index contributed by atoms with van der Waals surface area (Å²) in [5.41, 5.74) is 2.29. The molecule has 0 spiro atoms. The fourth-order valence-corrected chi connectivity index (χ4v) is 3.08. The molecule has 0 aliphatic heterocycles. The minimum Gasteiger partial charge on any atom is -0.404 e. The molecule has 0 atom stereocenters. The normalized spacial score (nSPS) is 11.4. The molecule has 0 aliphatic carbocycles. The molecule has 4 rings (SSSR count). The van der Waals surface area contributed by atoms with Crippen LogP contribution in [0.4, 0.5) is 13.2 Å². The first-order valence-electron chi connectivity index (χ1n) is 9.43. The topological polar surface area (TPSA) is 44.1 Å². The monoisotopic (exact) mass is 422 g/mol. The van der Waals surface area contributed by atoms with Crippen LogP contribution in [0.5, 0.6) is 5.88 Å². The van der Waals surface area contributed by atoms with Gasteiger partial charge >= 0.3 is 12.1 Å². The number of alkyl halides is 3. The number of benzene rings is 3. The molecule has 4 aromatic rings. The third-order valence-electron chi connectivity index (χ3n) is 4.64. The summed E-state index contributed by atoms with van der Waals surface area (Å²) in [6.45, 7) is 1.93. The zero-order valence-corrected chi connectivity index (χ0v) is 16.4. The van der Waals surface area contributed by atoms with Gasteiger partial charge in [-0.1, -0.05) is 42.5 Å². The van der Waals surface area contributed by atoms with Crippen molar-refractivity contribution >= 4 is 5.97 Å². The summed E-state index contributed by atoms with van der Waals surface area (Å²) in [6, 6.07) is 22.4. The predicted octanol–water partition coefficient (Wildman–Crippen LogP) is 6.09. The lowest BCUT2D eigenvalue weighted by Crippen LogP contribution is -2.12. The van der Waals surface area contributed by atoms with E-state index >= 15 is 0 Å². The molecule has 0 aliphatic rings. The maximum Gasteiger partial charge on any atom is 0.416 e. The average molecular weight is 422 g/mol. The molecule has 1 aromatic heterocycles. The number of aromatic nitrogens is 2. The van der Waals surface area contributed by atoms with Gasteiger partial charge in [0, 0.05) is 11.6 Å². The van der Waals surface area contributed by atoms with Gasteiger partial charge in [0.05, 0.1) is 22.5 Å². The Balaban J connectivity index is 1.69. The van der Waals surface area contributed by atoms with E-state index in [1.165, 1.54) is 4.68 Å². The van der Waals surface area contributed by atoms with Crippen LogP contribution in [-0.4, -0.2) is 15.7 Å². The highest BCUT2D eigenvalue weighted by Crippen LogP contribution is 2.30. The maximum atomic E-state index is 12.8. The molecule has 0 fully saturated rings. The summed E-state index contributed by atoms with van der Waals surface area (Å²) >= 11 is 0. The van der Waals surface area contributed by atoms with Crippen LogP contribution in [0.1, 0.15) is 21.5 Å². The Kier molecular flexibility index (Phi) is 5.33. The van der Waals surface area contributed by atoms with Crippen LogP contribution >= 0.6 is 0 Å². The van der Waals surface area contributed by atoms with Gasteiger partial charge in [-0.2, -0.15) is 23.0 Å². The molecule has 0 N–H and O–H groups in total. The van der Waals surface area contributed by atoms with Gasteiger partial charge in [0.2, 0.25) is 5.88 Å². The van der Waals surface area contributed by atoms with Crippen molar-refractivity contribution in [3.05, 3.63) is 102 Å². The minimum atomic E-state index is -4.48. The van der Waals surface area contributed by atoms with Crippen LogP contribution in [0.25, 0.3) is 16.9 Å². The van der Waals surface area contributed by atoms with E-state index < -0.39 is 17.7 Å². The number of aryl methyl sites for hydroxylation is 1. The van der Waals surface area contributed by atoms with Gasteiger partial charge in [-0.3, -0.25) is 0 Å². The van der Waals surface area contributed by atoms with Crippen molar-refractivity contribution in [1.82, 2.24) is 9.78 Å². The van der Waals surface area contributed by atoms with Gasteiger partial charge in [0.25, 0.3) is 0 Å². The van der Waals surface area contributed by atoms with E-state index in [9.17, 15) is 18.0 Å². The van der Waals surface area contributed by atoms with Crippen LogP contribution in [0.15, 0.2) is 84.9 Å². The van der Waals surface area contributed by atoms with Crippen LogP contribution in [0.3, 0.4) is 0 Å². The lowest BCUT2D eigenvalue weighted by molar-refractivity contribution is -0.137. The lowest BCUT2D eigenvalue weighted by Gasteiger charge is -2.09. The summed E-state index contributed by atoms with van der Waals surface area (Å²) < 4.78 is 45.4. The highest BCUT2D eigenvalue weighted by molar-refractivity contribution is 5.91. The molecule has 0 radical (unpaired) electrons. The van der Waals surface area contributed by atoms with Crippen LogP contribution in [-0.2, 0) is 6.18 Å². The summed E-state index contributed by atoms with van der Waals surface area (Å²) in [5.74, 6) is -0.614. The average Bonchev–Trinajstić information content (AvgIpc) is 3.17. The molecule has 31 heavy (non-hydrogen) atoms. The van der Waals surface area contributed by atoms with E-state index in [0.717, 1.165) is 35.4 Å². The van der Waals surface area contributed by atoms with Gasteiger partial charge < -0.3 is 4.74 Å². The SMILES string of the molecule is Cc1cccc(-n2nc(-c3ccccc3)cc2OC(=O)c2ccc(C(F)(F)F)cc2)c1. The number of esters is 1. The van der Waals surface area contributed by atoms with E-state index in [2.05, 4.69) is 5.10 Å². The number of carbonyl (C=O) groups excluding carboxylic acids is 1. The molecule has 4 nitrogen and oxygen atoms in total. The van der Waals surface area contributed by atoms with Crippen LogP contribution in [0, 0.1) is 6.92 Å². The van der Waals surface area contributed by atoms with Crippen molar-refractivity contribution in [2.75, 3.05) is 0 Å². The number of hydrogen-bond acceptors (Lipinski definition) is 3. The zero-order chi connectivity index (χ0) is 22.0. The smallest absolute Gasteiger partial charge is 0.404 e. The standard InChI is InChI=1S/C24H17F3N2O2/c1-16-6-5-9-20(14-16)29-22(15-21(28-29)17-7-3-2-4-8-17)31-23(30)18-10-12-19(13-11-18)24(25,26)27/h2-15H,1H3. The van der Waals surface area contributed by atoms with Crippen molar-refractivity contribution in [2.45, 2.75) is 13.1 Å². The number of rotatable bonds is 4. The molecule has 1 heterocycles. The highest BCUT2D eigenvalue weighted by atomic mass is 19.4. The number of nitrogens with zero attached hydrogens (tertiary/aromatic N) is 2. The van der Waals surface area contributed by atoms with Gasteiger partial charge in [0.15, 0.2) is 0 Å². The van der Waals surface area contributed by atoms with Crippen molar-refractivity contribution in [2.24, 2.45) is 0 Å². The highest BCUT2D eigenvalue weighted by Gasteiger charge is 2.30. The molecule has 156 valence electrons. The quantitative estimate of drug-likeness (QED) is 0.374. The molecular formula is C24H17F3N2O2. The zero-order valence-electron chi connectivity index (χ0n) is 16.4. The first kappa shape index (κ1) is 20.4. The molecule has 0 unspecified atom stereocenters. The largest absolute Gasteiger partial charge is 0.416 e. The number of carbonyl (C=O) groups is 1. The fraction of sp³-hybridized carbons (Fsp3) is 0.0833. The van der Waals surface area contributed by atoms with Gasteiger partial charge in [0.1, 0.15) is 0 Å². The van der Waals surface area contributed by atoms with E-state index in [1.807, 2.05) is 61.5 Å². The van der Waals surface area contributed by atoms with Crippen molar-refractivity contribution in [3.8, 4) is 22.8 Å². The van der Waals surface area contributed by atoms with Crippen LogP contribution in [0.2, 0.25) is 0 Å². The Morgan fingerprint density at radius 1 is 0.903 bits per heavy atom. The third-order valence-corrected chi connectivity index (χ3v) is 4.64. The summed E-state index contributed by atoms with van der Waals surface area (Å²) in [5, 5.41) is 4.58. The Hall–Kier alpha value is -3.87. The summed E-state index contributed by atoms with van der Waals surface area (Å²) in [6.07, 6.45) is -4.48. The first-order valence-corrected chi connectivity index (χ1v) is 9.43. The van der Waals surface area contributed by atoms with Crippen molar-refractivity contribution < 1.29 is 22.7 Å². The summed E-state index contributed by atoms with van der Waals surface area (Å²) in [4.78, 5) is 12.6. The molecule has 0 amide bonds. The van der Waals surface area contributed by atoms with Crippen molar-refractivity contribution in [3.63, 3.8) is 0 Å². The predicted molar refractivity (Wildman–Crippen MR) is 110 cm³/mol. The van der Waals surface area contributed by atoms with E-state index in [1.54, 1.807) is 6.07 Å². The Bertz CT molecular complexity index is 1210. The van der Waals surface area contributed by atoms with E-state index in [-0.39, 0.29) is 11.4 Å².